The Labute approximate surface area is 170 Å². The Kier molecular flexibility index (Phi) is 6.24. The number of nitrogens with one attached hydrogen (secondary N) is 2. The fourth-order valence-electron chi connectivity index (χ4n) is 2.82. The summed E-state index contributed by atoms with van der Waals surface area (Å²) in [5, 5.41) is 5.69. The Morgan fingerprint density at radius 1 is 0.966 bits per heavy atom. The van der Waals surface area contributed by atoms with Gasteiger partial charge >= 0.3 is 0 Å². The van der Waals surface area contributed by atoms with Gasteiger partial charge in [-0.15, -0.1) is 0 Å². The molecule has 3 rings (SSSR count). The summed E-state index contributed by atoms with van der Waals surface area (Å²) in [6.07, 6.45) is 1.47. The molecule has 0 unspecified atom stereocenters. The first kappa shape index (κ1) is 20.1. The lowest BCUT2D eigenvalue weighted by Gasteiger charge is -2.13. The number of benzene rings is 2. The summed E-state index contributed by atoms with van der Waals surface area (Å²) < 4.78 is 0. The van der Waals surface area contributed by atoms with Gasteiger partial charge in [-0.3, -0.25) is 14.6 Å². The third kappa shape index (κ3) is 5.19. The fourth-order valence-corrected chi connectivity index (χ4v) is 2.82. The van der Waals surface area contributed by atoms with E-state index >= 15 is 0 Å². The quantitative estimate of drug-likeness (QED) is 0.676. The van der Waals surface area contributed by atoms with Crippen molar-refractivity contribution in [3.63, 3.8) is 0 Å². The smallest absolute Gasteiger partial charge is 0.270 e. The fraction of sp³-hybridized carbons (Fsp3) is 0.174. The second-order valence-electron chi connectivity index (χ2n) is 6.93. The third-order valence-electron chi connectivity index (χ3n) is 4.60. The van der Waals surface area contributed by atoms with Gasteiger partial charge in [-0.25, -0.2) is 0 Å². The van der Waals surface area contributed by atoms with Gasteiger partial charge in [-0.2, -0.15) is 0 Å². The third-order valence-corrected chi connectivity index (χ3v) is 4.60. The van der Waals surface area contributed by atoms with E-state index in [0.29, 0.717) is 17.8 Å². The van der Waals surface area contributed by atoms with E-state index in [1.165, 1.54) is 12.3 Å². The van der Waals surface area contributed by atoms with Crippen LogP contribution in [-0.2, 0) is 6.54 Å². The van der Waals surface area contributed by atoms with Crippen molar-refractivity contribution >= 4 is 23.2 Å². The van der Waals surface area contributed by atoms with Gasteiger partial charge in [-0.1, -0.05) is 24.3 Å². The highest BCUT2D eigenvalue weighted by molar-refractivity contribution is 6.05. The summed E-state index contributed by atoms with van der Waals surface area (Å²) in [5.41, 5.74) is 4.44. The first-order chi connectivity index (χ1) is 13.9. The molecule has 0 bridgehead atoms. The molecule has 148 valence electrons. The van der Waals surface area contributed by atoms with Gasteiger partial charge in [0.15, 0.2) is 0 Å². The van der Waals surface area contributed by atoms with Gasteiger partial charge in [0.2, 0.25) is 0 Å². The first-order valence-corrected chi connectivity index (χ1v) is 9.31. The van der Waals surface area contributed by atoms with Crippen LogP contribution in [0.1, 0.15) is 32.0 Å². The van der Waals surface area contributed by atoms with Crippen molar-refractivity contribution in [2.75, 3.05) is 24.3 Å². The minimum Gasteiger partial charge on any atom is -0.378 e. The molecule has 1 aromatic heterocycles. The lowest BCUT2D eigenvalue weighted by atomic mass is 10.1. The molecule has 2 amide bonds. The lowest BCUT2D eigenvalue weighted by Crippen LogP contribution is -2.24. The molecule has 3 aromatic rings. The summed E-state index contributed by atoms with van der Waals surface area (Å²) in [7, 11) is 3.91. The van der Waals surface area contributed by atoms with Crippen LogP contribution in [0.5, 0.6) is 0 Å². The number of hydrogen-bond donors (Lipinski definition) is 2. The maximum Gasteiger partial charge on any atom is 0.270 e. The molecule has 0 aliphatic carbocycles. The zero-order valence-corrected chi connectivity index (χ0v) is 16.8. The van der Waals surface area contributed by atoms with Gasteiger partial charge in [0.1, 0.15) is 5.69 Å². The average molecular weight is 388 g/mol. The van der Waals surface area contributed by atoms with Crippen LogP contribution in [0.4, 0.5) is 11.4 Å². The number of carbonyl (C=O) groups excluding carboxylic acids is 2. The van der Waals surface area contributed by atoms with Gasteiger partial charge in [0.05, 0.1) is 0 Å². The highest BCUT2D eigenvalue weighted by Gasteiger charge is 2.12. The Bertz CT molecular complexity index is 1010. The number of nitrogens with zero attached hydrogens (tertiary/aromatic N) is 2. The maximum atomic E-state index is 12.6. The van der Waals surface area contributed by atoms with Gasteiger partial charge < -0.3 is 15.5 Å². The van der Waals surface area contributed by atoms with Crippen LogP contribution in [0.2, 0.25) is 0 Å². The standard InChI is InChI=1S/C23H24N4O2/c1-16-6-4-5-7-18(16)15-25-23(29)21-14-17(12-13-24-21)22(28)26-19-8-10-20(11-9-19)27(2)3/h4-14H,15H2,1-3H3,(H,25,29)(H,26,28). The highest BCUT2D eigenvalue weighted by Crippen LogP contribution is 2.16. The van der Waals surface area contributed by atoms with Crippen molar-refractivity contribution in [1.82, 2.24) is 10.3 Å². The topological polar surface area (TPSA) is 74.3 Å². The second-order valence-corrected chi connectivity index (χ2v) is 6.93. The zero-order chi connectivity index (χ0) is 20.8. The average Bonchev–Trinajstić information content (AvgIpc) is 2.73. The summed E-state index contributed by atoms with van der Waals surface area (Å²) >= 11 is 0. The molecule has 0 saturated carbocycles. The first-order valence-electron chi connectivity index (χ1n) is 9.31. The number of aryl methyl sites for hydroxylation is 1. The number of rotatable bonds is 6. The maximum absolute atomic E-state index is 12.6. The summed E-state index contributed by atoms with van der Waals surface area (Å²) in [5.74, 6) is -0.615. The molecule has 0 spiro atoms. The molecule has 6 nitrogen and oxygen atoms in total. The summed E-state index contributed by atoms with van der Waals surface area (Å²) in [6, 6.07) is 18.5. The van der Waals surface area contributed by atoms with Crippen molar-refractivity contribution in [2.45, 2.75) is 13.5 Å². The van der Waals surface area contributed by atoms with E-state index in [0.717, 1.165) is 16.8 Å². The van der Waals surface area contributed by atoms with Crippen LogP contribution in [0, 0.1) is 6.92 Å². The van der Waals surface area contributed by atoms with E-state index in [4.69, 9.17) is 0 Å². The molecule has 29 heavy (non-hydrogen) atoms. The minimum absolute atomic E-state index is 0.203. The van der Waals surface area contributed by atoms with Crippen LogP contribution in [0.3, 0.4) is 0 Å². The Hall–Kier alpha value is -3.67. The summed E-state index contributed by atoms with van der Waals surface area (Å²) in [4.78, 5) is 31.1. The Morgan fingerprint density at radius 2 is 1.69 bits per heavy atom. The van der Waals surface area contributed by atoms with Crippen LogP contribution >= 0.6 is 0 Å². The van der Waals surface area contributed by atoms with Gasteiger partial charge in [-0.05, 0) is 54.4 Å². The SMILES string of the molecule is Cc1ccccc1CNC(=O)c1cc(C(=O)Nc2ccc(N(C)C)cc2)ccn1. The van der Waals surface area contributed by atoms with Crippen molar-refractivity contribution < 1.29 is 9.59 Å². The predicted octanol–water partition coefficient (Wildman–Crippen LogP) is 3.64. The molecule has 2 aromatic carbocycles. The van der Waals surface area contributed by atoms with E-state index in [2.05, 4.69) is 15.6 Å². The second kappa shape index (κ2) is 9.01. The number of amides is 2. The molecule has 6 heteroatoms. The van der Waals surface area contributed by atoms with E-state index in [1.807, 2.05) is 74.4 Å². The van der Waals surface area contributed by atoms with E-state index in [1.54, 1.807) is 6.07 Å². The normalized spacial score (nSPS) is 10.3. The molecule has 0 aliphatic heterocycles. The number of aromatic nitrogens is 1. The minimum atomic E-state index is -0.321. The molecule has 0 atom stereocenters. The number of carbonyl (C=O) groups is 2. The van der Waals surface area contributed by atoms with Crippen LogP contribution < -0.4 is 15.5 Å². The molecule has 0 saturated heterocycles. The molecular weight excluding hydrogens is 364 g/mol. The van der Waals surface area contributed by atoms with E-state index < -0.39 is 0 Å². The molecule has 0 radical (unpaired) electrons. The molecular formula is C23H24N4O2. The molecule has 1 heterocycles. The van der Waals surface area contributed by atoms with Gasteiger partial charge in [0, 0.05) is 43.8 Å². The van der Waals surface area contributed by atoms with Crippen molar-refractivity contribution in [3.05, 3.63) is 89.2 Å². The van der Waals surface area contributed by atoms with Crippen LogP contribution in [0.15, 0.2) is 66.9 Å². The van der Waals surface area contributed by atoms with E-state index in [-0.39, 0.29) is 17.5 Å². The van der Waals surface area contributed by atoms with Crippen molar-refractivity contribution in [3.8, 4) is 0 Å². The monoisotopic (exact) mass is 388 g/mol. The number of hydrogen-bond acceptors (Lipinski definition) is 4. The van der Waals surface area contributed by atoms with Crippen LogP contribution in [0.25, 0.3) is 0 Å². The largest absolute Gasteiger partial charge is 0.378 e. The Morgan fingerprint density at radius 3 is 2.38 bits per heavy atom. The van der Waals surface area contributed by atoms with E-state index in [9.17, 15) is 9.59 Å². The predicted molar refractivity (Wildman–Crippen MR) is 115 cm³/mol. The molecule has 0 fully saturated rings. The Balaban J connectivity index is 1.65. The van der Waals surface area contributed by atoms with Crippen molar-refractivity contribution in [2.24, 2.45) is 0 Å². The summed E-state index contributed by atoms with van der Waals surface area (Å²) in [6.45, 7) is 2.40. The number of pyridine rings is 1. The lowest BCUT2D eigenvalue weighted by molar-refractivity contribution is 0.0946. The number of anilines is 2. The van der Waals surface area contributed by atoms with Gasteiger partial charge in [0.25, 0.3) is 11.8 Å². The van der Waals surface area contributed by atoms with Crippen molar-refractivity contribution in [1.29, 1.82) is 0 Å². The van der Waals surface area contributed by atoms with Crippen LogP contribution in [-0.4, -0.2) is 30.9 Å². The molecule has 0 aliphatic rings. The zero-order valence-electron chi connectivity index (χ0n) is 16.8. The highest BCUT2D eigenvalue weighted by atomic mass is 16.2. The molecule has 2 N–H and O–H groups in total.